The second kappa shape index (κ2) is 5.76. The number of benzene rings is 2. The van der Waals surface area contributed by atoms with Crippen molar-refractivity contribution in [1.82, 2.24) is 5.16 Å². The summed E-state index contributed by atoms with van der Waals surface area (Å²) >= 11 is 0. The highest BCUT2D eigenvalue weighted by Gasteiger charge is 2.15. The number of nitrogens with one attached hydrogen (secondary N) is 1. The quantitative estimate of drug-likeness (QED) is 0.724. The van der Waals surface area contributed by atoms with Gasteiger partial charge in [-0.25, -0.2) is 0 Å². The van der Waals surface area contributed by atoms with Crippen LogP contribution in [0.25, 0.3) is 11.0 Å². The first-order chi connectivity index (χ1) is 10.9. The molecule has 1 aromatic heterocycles. The smallest absolute Gasteiger partial charge is 0.230 e. The van der Waals surface area contributed by atoms with E-state index >= 15 is 0 Å². The maximum atomic E-state index is 12.3. The van der Waals surface area contributed by atoms with Crippen LogP contribution in [0.3, 0.4) is 0 Å². The molecule has 0 atom stereocenters. The third-order valence-corrected chi connectivity index (χ3v) is 3.79. The Hall–Kier alpha value is -2.82. The molecule has 3 rings (SSSR count). The Labute approximate surface area is 133 Å². The van der Waals surface area contributed by atoms with E-state index < -0.39 is 0 Å². The van der Waals surface area contributed by atoms with Crippen LogP contribution < -0.4 is 5.32 Å². The highest BCUT2D eigenvalue weighted by Crippen LogP contribution is 2.25. The largest absolute Gasteiger partial charge is 0.508 e. The van der Waals surface area contributed by atoms with Crippen LogP contribution in [0.2, 0.25) is 0 Å². The van der Waals surface area contributed by atoms with E-state index in [2.05, 4.69) is 10.5 Å². The molecule has 0 fully saturated rings. The molecule has 2 N–H and O–H groups in total. The molecule has 0 saturated heterocycles. The van der Waals surface area contributed by atoms with Crippen LogP contribution in [0.15, 0.2) is 34.9 Å². The average Bonchev–Trinajstić information content (AvgIpc) is 2.85. The number of amides is 1. The zero-order valence-electron chi connectivity index (χ0n) is 13.3. The number of phenolic OH excluding ortho intramolecular Hbond substituents is 1. The number of rotatable bonds is 3. The lowest BCUT2D eigenvalue weighted by Crippen LogP contribution is -2.15. The van der Waals surface area contributed by atoms with Gasteiger partial charge in [0.05, 0.1) is 6.42 Å². The number of anilines is 1. The van der Waals surface area contributed by atoms with E-state index in [0.717, 1.165) is 27.7 Å². The number of nitrogens with zero attached hydrogens (tertiary/aromatic N) is 1. The van der Waals surface area contributed by atoms with Gasteiger partial charge in [0, 0.05) is 11.1 Å². The van der Waals surface area contributed by atoms with Gasteiger partial charge >= 0.3 is 0 Å². The zero-order valence-corrected chi connectivity index (χ0v) is 13.3. The van der Waals surface area contributed by atoms with Crippen molar-refractivity contribution < 1.29 is 14.4 Å². The summed E-state index contributed by atoms with van der Waals surface area (Å²) in [6.07, 6.45) is 0.135. The molecule has 5 heteroatoms. The lowest BCUT2D eigenvalue weighted by Gasteiger charge is -2.08. The number of carbonyl (C=O) groups excluding carboxylic acids is 1. The van der Waals surface area contributed by atoms with Crippen LogP contribution in [0, 0.1) is 20.8 Å². The van der Waals surface area contributed by atoms with Crippen molar-refractivity contribution >= 4 is 22.6 Å². The Morgan fingerprint density at radius 1 is 1.17 bits per heavy atom. The number of aryl methyl sites for hydroxylation is 3. The highest BCUT2D eigenvalue weighted by atomic mass is 16.5. The van der Waals surface area contributed by atoms with Crippen molar-refractivity contribution in [2.75, 3.05) is 5.32 Å². The molecule has 1 heterocycles. The van der Waals surface area contributed by atoms with Gasteiger partial charge in [-0.1, -0.05) is 11.2 Å². The summed E-state index contributed by atoms with van der Waals surface area (Å²) in [6.45, 7) is 5.79. The molecule has 23 heavy (non-hydrogen) atoms. The first-order valence-corrected chi connectivity index (χ1v) is 7.39. The van der Waals surface area contributed by atoms with E-state index in [1.54, 1.807) is 18.2 Å². The summed E-state index contributed by atoms with van der Waals surface area (Å²) in [7, 11) is 0. The van der Waals surface area contributed by atoms with E-state index in [0.29, 0.717) is 11.4 Å². The Morgan fingerprint density at radius 2 is 1.96 bits per heavy atom. The number of carbonyl (C=O) groups is 1. The summed E-state index contributed by atoms with van der Waals surface area (Å²) in [5.74, 6) is 0.00194. The van der Waals surface area contributed by atoms with Crippen molar-refractivity contribution in [3.8, 4) is 5.75 Å². The third kappa shape index (κ3) is 3.04. The van der Waals surface area contributed by atoms with Crippen molar-refractivity contribution in [1.29, 1.82) is 0 Å². The Kier molecular flexibility index (Phi) is 3.78. The minimum absolute atomic E-state index is 0.135. The van der Waals surface area contributed by atoms with E-state index in [9.17, 15) is 9.90 Å². The number of phenols is 1. The van der Waals surface area contributed by atoms with Gasteiger partial charge < -0.3 is 14.9 Å². The first kappa shape index (κ1) is 15.1. The number of fused-ring (bicyclic) bond motifs is 1. The van der Waals surface area contributed by atoms with Crippen LogP contribution in [0.4, 0.5) is 5.69 Å². The van der Waals surface area contributed by atoms with Crippen LogP contribution in [-0.2, 0) is 11.2 Å². The molecule has 0 aliphatic rings. The fourth-order valence-corrected chi connectivity index (χ4v) is 2.70. The standard InChI is InChI=1S/C18H18N2O3/c1-10-6-12(3)18-14(7-10)16(20-23-18)9-17(22)19-15-5-4-13(21)8-11(15)2/h4-8,21H,9H2,1-3H3,(H,19,22). The Morgan fingerprint density at radius 3 is 2.70 bits per heavy atom. The maximum absolute atomic E-state index is 12.3. The predicted molar refractivity (Wildman–Crippen MR) is 88.7 cm³/mol. The van der Waals surface area contributed by atoms with Gasteiger partial charge in [-0.2, -0.15) is 0 Å². The molecule has 2 aromatic carbocycles. The lowest BCUT2D eigenvalue weighted by atomic mass is 10.1. The van der Waals surface area contributed by atoms with Gasteiger partial charge in [0.1, 0.15) is 11.4 Å². The highest BCUT2D eigenvalue weighted by molar-refractivity contribution is 5.95. The SMILES string of the molecule is Cc1cc(C)c2onc(CC(=O)Nc3ccc(O)cc3C)c2c1. The number of aromatic nitrogens is 1. The van der Waals surface area contributed by atoms with Gasteiger partial charge in [-0.3, -0.25) is 4.79 Å². The molecule has 0 aliphatic carbocycles. The minimum atomic E-state index is -0.173. The molecule has 3 aromatic rings. The van der Waals surface area contributed by atoms with Gasteiger partial charge in [0.2, 0.25) is 5.91 Å². The van der Waals surface area contributed by atoms with Gasteiger partial charge in [-0.15, -0.1) is 0 Å². The topological polar surface area (TPSA) is 75.4 Å². The summed E-state index contributed by atoms with van der Waals surface area (Å²) in [5, 5.41) is 17.2. The molecule has 1 amide bonds. The monoisotopic (exact) mass is 310 g/mol. The second-order valence-electron chi connectivity index (χ2n) is 5.81. The molecule has 0 spiro atoms. The van der Waals surface area contributed by atoms with Crippen molar-refractivity contribution in [2.45, 2.75) is 27.2 Å². The van der Waals surface area contributed by atoms with E-state index in [-0.39, 0.29) is 18.1 Å². The minimum Gasteiger partial charge on any atom is -0.508 e. The zero-order chi connectivity index (χ0) is 16.6. The Bertz CT molecular complexity index is 897. The summed E-state index contributed by atoms with van der Waals surface area (Å²) in [4.78, 5) is 12.3. The number of hydrogen-bond acceptors (Lipinski definition) is 4. The van der Waals surface area contributed by atoms with Crippen molar-refractivity contribution in [2.24, 2.45) is 0 Å². The number of hydrogen-bond donors (Lipinski definition) is 2. The first-order valence-electron chi connectivity index (χ1n) is 7.39. The predicted octanol–water partition coefficient (Wildman–Crippen LogP) is 3.64. The normalized spacial score (nSPS) is 10.9. The molecule has 0 unspecified atom stereocenters. The van der Waals surface area contributed by atoms with Crippen LogP contribution in [-0.4, -0.2) is 16.2 Å². The van der Waals surface area contributed by atoms with Crippen LogP contribution in [0.5, 0.6) is 5.75 Å². The van der Waals surface area contributed by atoms with Gasteiger partial charge in [0.15, 0.2) is 5.58 Å². The van der Waals surface area contributed by atoms with Crippen LogP contribution >= 0.6 is 0 Å². The van der Waals surface area contributed by atoms with Crippen molar-refractivity contribution in [3.63, 3.8) is 0 Å². The Balaban J connectivity index is 1.83. The van der Waals surface area contributed by atoms with Gasteiger partial charge in [-0.05, 0) is 61.7 Å². The molecule has 0 aliphatic heterocycles. The molecule has 0 saturated carbocycles. The van der Waals surface area contributed by atoms with Crippen LogP contribution in [0.1, 0.15) is 22.4 Å². The van der Waals surface area contributed by atoms with E-state index in [4.69, 9.17) is 4.52 Å². The molecule has 5 nitrogen and oxygen atoms in total. The average molecular weight is 310 g/mol. The second-order valence-corrected chi connectivity index (χ2v) is 5.81. The van der Waals surface area contributed by atoms with E-state index in [1.165, 1.54) is 0 Å². The lowest BCUT2D eigenvalue weighted by molar-refractivity contribution is -0.115. The molecule has 0 radical (unpaired) electrons. The summed E-state index contributed by atoms with van der Waals surface area (Å²) in [6, 6.07) is 8.83. The molecule has 0 bridgehead atoms. The van der Waals surface area contributed by atoms with Crippen molar-refractivity contribution in [3.05, 3.63) is 52.7 Å². The summed E-state index contributed by atoms with van der Waals surface area (Å²) in [5.41, 5.74) is 4.94. The number of aromatic hydroxyl groups is 1. The molecule has 118 valence electrons. The maximum Gasteiger partial charge on any atom is 0.230 e. The van der Waals surface area contributed by atoms with E-state index in [1.807, 2.05) is 32.9 Å². The third-order valence-electron chi connectivity index (χ3n) is 3.79. The van der Waals surface area contributed by atoms with Gasteiger partial charge in [0.25, 0.3) is 0 Å². The fraction of sp³-hybridized carbons (Fsp3) is 0.222. The summed E-state index contributed by atoms with van der Waals surface area (Å²) < 4.78 is 5.36. The fourth-order valence-electron chi connectivity index (χ4n) is 2.70. The molecular weight excluding hydrogens is 292 g/mol. The molecular formula is C18H18N2O3.